The van der Waals surface area contributed by atoms with Crippen molar-refractivity contribution in [2.75, 3.05) is 6.54 Å². The summed E-state index contributed by atoms with van der Waals surface area (Å²) in [4.78, 5) is 24.3. The molecule has 25 heavy (non-hydrogen) atoms. The van der Waals surface area contributed by atoms with E-state index in [0.717, 1.165) is 6.07 Å². The molecule has 1 fully saturated rings. The van der Waals surface area contributed by atoms with Gasteiger partial charge >= 0.3 is 5.97 Å². The standard InChI is InChI=1S/C18H23ClFNO4/c1-18(2,3)25-17(24)10-7-11(14(22)8-10)9-21-16(23)15-12(19)5-4-6-13(15)20/h4-6,10-11,14,22H,7-9H2,1-3H3,(H,21,23)/t10-,11-,14+/m0/s1. The molecule has 1 amide bonds. The van der Waals surface area contributed by atoms with Crippen molar-refractivity contribution in [2.24, 2.45) is 11.8 Å². The number of rotatable bonds is 4. The van der Waals surface area contributed by atoms with Gasteiger partial charge in [0.15, 0.2) is 0 Å². The van der Waals surface area contributed by atoms with Crippen molar-refractivity contribution in [1.29, 1.82) is 0 Å². The number of carbonyl (C=O) groups excluding carboxylic acids is 2. The van der Waals surface area contributed by atoms with E-state index in [1.165, 1.54) is 12.1 Å². The van der Waals surface area contributed by atoms with Gasteiger partial charge in [-0.05, 0) is 45.7 Å². The zero-order chi connectivity index (χ0) is 18.8. The molecule has 7 heteroatoms. The van der Waals surface area contributed by atoms with E-state index >= 15 is 0 Å². The van der Waals surface area contributed by atoms with E-state index < -0.39 is 29.3 Å². The number of halogens is 2. The van der Waals surface area contributed by atoms with E-state index in [-0.39, 0.29) is 35.4 Å². The quantitative estimate of drug-likeness (QED) is 0.798. The van der Waals surface area contributed by atoms with Crippen LogP contribution in [-0.2, 0) is 9.53 Å². The van der Waals surface area contributed by atoms with Gasteiger partial charge in [-0.3, -0.25) is 9.59 Å². The van der Waals surface area contributed by atoms with Gasteiger partial charge in [-0.25, -0.2) is 4.39 Å². The predicted octanol–water partition coefficient (Wildman–Crippen LogP) is 2.94. The van der Waals surface area contributed by atoms with E-state index in [9.17, 15) is 19.1 Å². The first-order chi connectivity index (χ1) is 11.6. The SMILES string of the molecule is CC(C)(C)OC(=O)[C@H]1C[C@@H](CNC(=O)c2c(F)cccc2Cl)[C@H](O)C1. The van der Waals surface area contributed by atoms with Crippen LogP contribution in [0.25, 0.3) is 0 Å². The maximum absolute atomic E-state index is 13.7. The number of nitrogens with one attached hydrogen (secondary N) is 1. The Morgan fingerprint density at radius 2 is 2.04 bits per heavy atom. The van der Waals surface area contributed by atoms with Crippen molar-refractivity contribution in [3.8, 4) is 0 Å². The van der Waals surface area contributed by atoms with Crippen LogP contribution in [0.4, 0.5) is 4.39 Å². The van der Waals surface area contributed by atoms with Gasteiger partial charge in [0.2, 0.25) is 0 Å². The maximum atomic E-state index is 13.7. The third-order valence-corrected chi connectivity index (χ3v) is 4.43. The smallest absolute Gasteiger partial charge is 0.309 e. The summed E-state index contributed by atoms with van der Waals surface area (Å²) in [5.41, 5.74) is -0.809. The van der Waals surface area contributed by atoms with Crippen LogP contribution in [0, 0.1) is 17.7 Å². The zero-order valence-corrected chi connectivity index (χ0v) is 15.3. The molecule has 1 aromatic rings. The molecule has 138 valence electrons. The number of esters is 1. The Hall–Kier alpha value is -1.66. The number of carbonyl (C=O) groups is 2. The van der Waals surface area contributed by atoms with E-state index in [1.807, 2.05) is 0 Å². The summed E-state index contributed by atoms with van der Waals surface area (Å²) in [5.74, 6) is -2.41. The zero-order valence-electron chi connectivity index (χ0n) is 14.5. The highest BCUT2D eigenvalue weighted by molar-refractivity contribution is 6.33. The Morgan fingerprint density at radius 3 is 2.64 bits per heavy atom. The largest absolute Gasteiger partial charge is 0.460 e. The second-order valence-corrected chi connectivity index (χ2v) is 7.74. The normalized spacial score (nSPS) is 23.4. The Kier molecular flexibility index (Phi) is 6.06. The summed E-state index contributed by atoms with van der Waals surface area (Å²) >= 11 is 5.86. The molecule has 0 heterocycles. The molecule has 0 saturated heterocycles. The van der Waals surface area contributed by atoms with Gasteiger partial charge in [-0.15, -0.1) is 0 Å². The van der Waals surface area contributed by atoms with Crippen LogP contribution in [0.1, 0.15) is 44.0 Å². The Labute approximate surface area is 151 Å². The molecule has 1 aliphatic carbocycles. The molecule has 3 atom stereocenters. The molecule has 1 aliphatic rings. The fourth-order valence-electron chi connectivity index (χ4n) is 2.93. The van der Waals surface area contributed by atoms with Crippen molar-refractivity contribution in [2.45, 2.75) is 45.3 Å². The van der Waals surface area contributed by atoms with Crippen LogP contribution in [0.15, 0.2) is 18.2 Å². The van der Waals surface area contributed by atoms with Gasteiger partial charge in [0.1, 0.15) is 11.4 Å². The van der Waals surface area contributed by atoms with Crippen molar-refractivity contribution >= 4 is 23.5 Å². The molecular formula is C18H23ClFNO4. The fraction of sp³-hybridized carbons (Fsp3) is 0.556. The van der Waals surface area contributed by atoms with Crippen molar-refractivity contribution in [1.82, 2.24) is 5.32 Å². The molecule has 2 N–H and O–H groups in total. The molecule has 1 aromatic carbocycles. The van der Waals surface area contributed by atoms with Crippen LogP contribution >= 0.6 is 11.6 Å². The summed E-state index contributed by atoms with van der Waals surface area (Å²) in [6.07, 6.45) is -0.0361. The molecular weight excluding hydrogens is 349 g/mol. The molecule has 0 radical (unpaired) electrons. The lowest BCUT2D eigenvalue weighted by molar-refractivity contribution is -0.160. The number of ether oxygens (including phenoxy) is 1. The number of benzene rings is 1. The number of aliphatic hydroxyl groups excluding tert-OH is 1. The lowest BCUT2D eigenvalue weighted by Crippen LogP contribution is -2.33. The van der Waals surface area contributed by atoms with Gasteiger partial charge in [0.05, 0.1) is 22.6 Å². The second kappa shape index (κ2) is 7.70. The summed E-state index contributed by atoms with van der Waals surface area (Å²) < 4.78 is 19.1. The molecule has 0 spiro atoms. The fourth-order valence-corrected chi connectivity index (χ4v) is 3.18. The minimum Gasteiger partial charge on any atom is -0.460 e. The summed E-state index contributed by atoms with van der Waals surface area (Å²) in [6, 6.07) is 4.01. The average molecular weight is 372 g/mol. The number of aliphatic hydroxyl groups is 1. The Bertz CT molecular complexity index is 639. The van der Waals surface area contributed by atoms with Crippen LogP contribution in [0.5, 0.6) is 0 Å². The van der Waals surface area contributed by atoms with E-state index in [1.54, 1.807) is 20.8 Å². The van der Waals surface area contributed by atoms with E-state index in [4.69, 9.17) is 16.3 Å². The molecule has 1 saturated carbocycles. The molecule has 0 bridgehead atoms. The van der Waals surface area contributed by atoms with Gasteiger partial charge in [0.25, 0.3) is 5.91 Å². The van der Waals surface area contributed by atoms with Gasteiger partial charge in [-0.2, -0.15) is 0 Å². The molecule has 0 unspecified atom stereocenters. The highest BCUT2D eigenvalue weighted by atomic mass is 35.5. The average Bonchev–Trinajstić information content (AvgIpc) is 2.84. The molecule has 2 rings (SSSR count). The van der Waals surface area contributed by atoms with Gasteiger partial charge in [-0.1, -0.05) is 17.7 Å². The van der Waals surface area contributed by atoms with Crippen LogP contribution < -0.4 is 5.32 Å². The Morgan fingerprint density at radius 1 is 1.36 bits per heavy atom. The lowest BCUT2D eigenvalue weighted by Gasteiger charge is -2.22. The molecule has 0 aliphatic heterocycles. The second-order valence-electron chi connectivity index (χ2n) is 7.34. The Balaban J connectivity index is 1.93. The third-order valence-electron chi connectivity index (χ3n) is 4.11. The van der Waals surface area contributed by atoms with Gasteiger partial charge in [0, 0.05) is 12.5 Å². The number of amides is 1. The van der Waals surface area contributed by atoms with Crippen molar-refractivity contribution < 1.29 is 23.8 Å². The van der Waals surface area contributed by atoms with Gasteiger partial charge < -0.3 is 15.2 Å². The van der Waals surface area contributed by atoms with Crippen LogP contribution in [0.3, 0.4) is 0 Å². The van der Waals surface area contributed by atoms with E-state index in [2.05, 4.69) is 5.32 Å². The summed E-state index contributed by atoms with van der Waals surface area (Å²) in [7, 11) is 0. The van der Waals surface area contributed by atoms with Crippen molar-refractivity contribution in [3.05, 3.63) is 34.6 Å². The lowest BCUT2D eigenvalue weighted by atomic mass is 10.0. The number of hydrogen-bond donors (Lipinski definition) is 2. The first-order valence-electron chi connectivity index (χ1n) is 8.21. The summed E-state index contributed by atoms with van der Waals surface area (Å²) in [5, 5.41) is 12.7. The predicted molar refractivity (Wildman–Crippen MR) is 91.8 cm³/mol. The summed E-state index contributed by atoms with van der Waals surface area (Å²) in [6.45, 7) is 5.48. The van der Waals surface area contributed by atoms with Crippen LogP contribution in [0.2, 0.25) is 5.02 Å². The molecule has 0 aromatic heterocycles. The minimum absolute atomic E-state index is 0.0242. The number of hydrogen-bond acceptors (Lipinski definition) is 4. The highest BCUT2D eigenvalue weighted by Crippen LogP contribution is 2.33. The first-order valence-corrected chi connectivity index (χ1v) is 8.59. The monoisotopic (exact) mass is 371 g/mol. The highest BCUT2D eigenvalue weighted by Gasteiger charge is 2.39. The minimum atomic E-state index is -0.728. The third kappa shape index (κ3) is 5.16. The molecule has 5 nitrogen and oxygen atoms in total. The van der Waals surface area contributed by atoms with Crippen LogP contribution in [-0.4, -0.2) is 35.2 Å². The van der Waals surface area contributed by atoms with E-state index in [0.29, 0.717) is 6.42 Å². The topological polar surface area (TPSA) is 75.6 Å². The van der Waals surface area contributed by atoms with Crippen molar-refractivity contribution in [3.63, 3.8) is 0 Å². The maximum Gasteiger partial charge on any atom is 0.309 e. The first kappa shape index (κ1) is 19.7.